The zero-order valence-electron chi connectivity index (χ0n) is 10.1. The van der Waals surface area contributed by atoms with Crippen molar-refractivity contribution in [1.82, 2.24) is 0 Å². The third-order valence-electron chi connectivity index (χ3n) is 2.37. The SMILES string of the molecule is O=C=Nc1cc(S(=O)(=O)O)ccc1Oc1ccccc1. The van der Waals surface area contributed by atoms with E-state index in [0.29, 0.717) is 5.75 Å². The van der Waals surface area contributed by atoms with Gasteiger partial charge in [-0.3, -0.25) is 4.55 Å². The lowest BCUT2D eigenvalue weighted by Gasteiger charge is -2.08. The first kappa shape index (κ1) is 14.0. The number of rotatable bonds is 4. The van der Waals surface area contributed by atoms with Crippen LogP contribution in [0.3, 0.4) is 0 Å². The van der Waals surface area contributed by atoms with E-state index in [9.17, 15) is 13.2 Å². The van der Waals surface area contributed by atoms with Crippen molar-refractivity contribution in [3.8, 4) is 11.5 Å². The second-order valence-corrected chi connectivity index (χ2v) is 5.14. The number of hydrogen-bond acceptors (Lipinski definition) is 5. The summed E-state index contributed by atoms with van der Waals surface area (Å²) < 4.78 is 36.5. The third-order valence-corrected chi connectivity index (χ3v) is 3.22. The van der Waals surface area contributed by atoms with E-state index in [4.69, 9.17) is 9.29 Å². The first-order valence-corrected chi connectivity index (χ1v) is 6.87. The minimum absolute atomic E-state index is 0.0426. The van der Waals surface area contributed by atoms with Crippen LogP contribution >= 0.6 is 0 Å². The fraction of sp³-hybridized carbons (Fsp3) is 0. The van der Waals surface area contributed by atoms with E-state index in [1.807, 2.05) is 0 Å². The molecule has 0 bridgehead atoms. The van der Waals surface area contributed by atoms with E-state index in [0.717, 1.165) is 12.1 Å². The van der Waals surface area contributed by atoms with E-state index >= 15 is 0 Å². The largest absolute Gasteiger partial charge is 0.455 e. The Morgan fingerprint density at radius 2 is 1.80 bits per heavy atom. The van der Waals surface area contributed by atoms with Gasteiger partial charge in [0.15, 0.2) is 5.75 Å². The van der Waals surface area contributed by atoms with Crippen LogP contribution in [-0.2, 0) is 14.9 Å². The molecule has 1 N–H and O–H groups in total. The van der Waals surface area contributed by atoms with E-state index < -0.39 is 10.1 Å². The Balaban J connectivity index is 2.46. The molecule has 0 aliphatic rings. The minimum atomic E-state index is -4.38. The molecule has 2 aromatic rings. The van der Waals surface area contributed by atoms with Gasteiger partial charge < -0.3 is 4.74 Å². The van der Waals surface area contributed by atoms with Gasteiger partial charge in [-0.15, -0.1) is 0 Å². The standard InChI is InChI=1S/C13H9NO5S/c15-9-14-12-8-11(20(16,17)18)6-7-13(12)19-10-4-2-1-3-5-10/h1-8H,(H,16,17,18). The van der Waals surface area contributed by atoms with Crippen LogP contribution in [0.5, 0.6) is 11.5 Å². The average molecular weight is 291 g/mol. The molecule has 0 atom stereocenters. The maximum absolute atomic E-state index is 11.0. The molecule has 0 unspecified atom stereocenters. The van der Waals surface area contributed by atoms with Crippen LogP contribution in [0.4, 0.5) is 5.69 Å². The summed E-state index contributed by atoms with van der Waals surface area (Å²) in [4.78, 5) is 13.4. The van der Waals surface area contributed by atoms with E-state index in [1.165, 1.54) is 12.1 Å². The molecule has 2 rings (SSSR count). The van der Waals surface area contributed by atoms with E-state index in [1.54, 1.807) is 30.3 Å². The van der Waals surface area contributed by atoms with Crippen LogP contribution in [0, 0.1) is 0 Å². The molecule has 0 heterocycles. The van der Waals surface area contributed by atoms with Crippen molar-refractivity contribution in [2.24, 2.45) is 4.99 Å². The molecule has 7 heteroatoms. The monoisotopic (exact) mass is 291 g/mol. The topological polar surface area (TPSA) is 93.0 Å². The Hall–Kier alpha value is -2.47. The first-order chi connectivity index (χ1) is 9.50. The summed E-state index contributed by atoms with van der Waals surface area (Å²) in [5, 5.41) is 0. The third kappa shape index (κ3) is 3.30. The van der Waals surface area contributed by atoms with Gasteiger partial charge in [-0.1, -0.05) is 18.2 Å². The van der Waals surface area contributed by atoms with Gasteiger partial charge in [0.1, 0.15) is 11.4 Å². The van der Waals surface area contributed by atoms with Crippen LogP contribution in [0.1, 0.15) is 0 Å². The van der Waals surface area contributed by atoms with Gasteiger partial charge in [0.2, 0.25) is 6.08 Å². The van der Waals surface area contributed by atoms with Crippen molar-refractivity contribution < 1.29 is 22.5 Å². The van der Waals surface area contributed by atoms with Crippen LogP contribution in [0.15, 0.2) is 58.4 Å². The highest BCUT2D eigenvalue weighted by Gasteiger charge is 2.13. The number of isocyanates is 1. The van der Waals surface area contributed by atoms with Gasteiger partial charge in [-0.25, -0.2) is 4.79 Å². The molecule has 2 aromatic carbocycles. The Bertz CT molecular complexity index is 765. The summed E-state index contributed by atoms with van der Waals surface area (Å²) in [7, 11) is -4.38. The summed E-state index contributed by atoms with van der Waals surface area (Å²) in [5.41, 5.74) is -0.0426. The smallest absolute Gasteiger partial charge is 0.294 e. The fourth-order valence-electron chi connectivity index (χ4n) is 1.50. The van der Waals surface area contributed by atoms with Crippen LogP contribution in [0.25, 0.3) is 0 Å². The van der Waals surface area contributed by atoms with Gasteiger partial charge in [-0.05, 0) is 30.3 Å². The molecule has 0 fully saturated rings. The maximum atomic E-state index is 11.0. The molecular weight excluding hydrogens is 282 g/mol. The van der Waals surface area contributed by atoms with Gasteiger partial charge in [0.05, 0.1) is 4.90 Å². The van der Waals surface area contributed by atoms with Gasteiger partial charge in [0, 0.05) is 0 Å². The van der Waals surface area contributed by atoms with Crippen LogP contribution in [-0.4, -0.2) is 19.1 Å². The molecule has 0 saturated carbocycles. The van der Waals surface area contributed by atoms with Crippen molar-refractivity contribution in [3.63, 3.8) is 0 Å². The Labute approximate surface area is 115 Å². The van der Waals surface area contributed by atoms with E-state index in [2.05, 4.69) is 4.99 Å². The lowest BCUT2D eigenvalue weighted by atomic mass is 10.3. The zero-order valence-corrected chi connectivity index (χ0v) is 10.9. The molecule has 0 spiro atoms. The summed E-state index contributed by atoms with van der Waals surface area (Å²) in [6.07, 6.45) is 1.31. The highest BCUT2D eigenvalue weighted by atomic mass is 32.2. The molecule has 0 aliphatic carbocycles. The van der Waals surface area contributed by atoms with Crippen LogP contribution in [0.2, 0.25) is 0 Å². The average Bonchev–Trinajstić information content (AvgIpc) is 2.41. The lowest BCUT2D eigenvalue weighted by Crippen LogP contribution is -1.97. The van der Waals surface area contributed by atoms with Crippen molar-refractivity contribution in [2.45, 2.75) is 4.90 Å². The Morgan fingerprint density at radius 1 is 1.10 bits per heavy atom. The van der Waals surface area contributed by atoms with Gasteiger partial charge in [0.25, 0.3) is 10.1 Å². The summed E-state index contributed by atoms with van der Waals surface area (Å²) in [6.45, 7) is 0. The second-order valence-electron chi connectivity index (χ2n) is 3.72. The quantitative estimate of drug-likeness (QED) is 0.531. The highest BCUT2D eigenvalue weighted by Crippen LogP contribution is 2.33. The molecule has 0 radical (unpaired) electrons. The molecule has 0 amide bonds. The first-order valence-electron chi connectivity index (χ1n) is 5.43. The summed E-state index contributed by atoms with van der Waals surface area (Å²) in [6, 6.07) is 12.2. The number of carbonyl (C=O) groups excluding carboxylic acids is 1. The van der Waals surface area contributed by atoms with Gasteiger partial charge >= 0.3 is 0 Å². The molecule has 0 aromatic heterocycles. The number of aliphatic imine (C=N–C) groups is 1. The van der Waals surface area contributed by atoms with Crippen molar-refractivity contribution in [1.29, 1.82) is 0 Å². The summed E-state index contributed by atoms with van der Waals surface area (Å²) >= 11 is 0. The number of ether oxygens (including phenoxy) is 1. The molecule has 0 aliphatic heterocycles. The zero-order chi connectivity index (χ0) is 14.6. The van der Waals surface area contributed by atoms with E-state index in [-0.39, 0.29) is 16.3 Å². The lowest BCUT2D eigenvalue weighted by molar-refractivity contribution is 0.478. The fourth-order valence-corrected chi connectivity index (χ4v) is 2.00. The predicted octanol–water partition coefficient (Wildman–Crippen LogP) is 2.69. The number of para-hydroxylation sites is 1. The highest BCUT2D eigenvalue weighted by molar-refractivity contribution is 7.85. The molecule has 0 saturated heterocycles. The number of benzene rings is 2. The molecular formula is C13H9NO5S. The van der Waals surface area contributed by atoms with Gasteiger partial charge in [-0.2, -0.15) is 13.4 Å². The molecule has 20 heavy (non-hydrogen) atoms. The predicted molar refractivity (Wildman–Crippen MR) is 70.6 cm³/mol. The molecule has 6 nitrogen and oxygen atoms in total. The normalized spacial score (nSPS) is 10.7. The molecule has 102 valence electrons. The van der Waals surface area contributed by atoms with Crippen molar-refractivity contribution in [2.75, 3.05) is 0 Å². The van der Waals surface area contributed by atoms with Crippen molar-refractivity contribution >= 4 is 21.9 Å². The second kappa shape index (κ2) is 5.66. The summed E-state index contributed by atoms with van der Waals surface area (Å²) in [5.74, 6) is 0.668. The number of hydrogen-bond donors (Lipinski definition) is 1. The maximum Gasteiger partial charge on any atom is 0.294 e. The van der Waals surface area contributed by atoms with Crippen LogP contribution < -0.4 is 4.74 Å². The Morgan fingerprint density at radius 3 is 2.40 bits per heavy atom. The number of nitrogens with zero attached hydrogens (tertiary/aromatic N) is 1. The van der Waals surface area contributed by atoms with Crippen molar-refractivity contribution in [3.05, 3.63) is 48.5 Å². The Kier molecular flexibility index (Phi) is 3.95. The minimum Gasteiger partial charge on any atom is -0.455 e.